The van der Waals surface area contributed by atoms with E-state index < -0.39 is 40.1 Å². The van der Waals surface area contributed by atoms with E-state index in [4.69, 9.17) is 16.3 Å². The minimum absolute atomic E-state index is 0.00735. The second-order valence-electron chi connectivity index (χ2n) is 11.1. The molecule has 1 saturated carbocycles. The molecule has 2 fully saturated rings. The van der Waals surface area contributed by atoms with Crippen molar-refractivity contribution in [2.24, 2.45) is 0 Å². The molecule has 1 aromatic heterocycles. The number of hydrogen-bond acceptors (Lipinski definition) is 6. The highest BCUT2D eigenvalue weighted by atomic mass is 35.5. The van der Waals surface area contributed by atoms with Crippen LogP contribution in [0.15, 0.2) is 47.5 Å². The van der Waals surface area contributed by atoms with Gasteiger partial charge in [-0.3, -0.25) is 19.2 Å². The minimum atomic E-state index is -4.57. The maximum atomic E-state index is 13.5. The highest BCUT2D eigenvalue weighted by Crippen LogP contribution is 2.41. The number of ether oxygens (including phenoxy) is 1. The lowest BCUT2D eigenvalue weighted by atomic mass is 10.1. The van der Waals surface area contributed by atoms with Crippen LogP contribution < -0.4 is 5.32 Å². The topological polar surface area (TPSA) is 93.5 Å². The first-order valence-corrected chi connectivity index (χ1v) is 13.9. The maximum absolute atomic E-state index is 13.5. The number of alkyl halides is 3. The van der Waals surface area contributed by atoms with Crippen LogP contribution in [-0.4, -0.2) is 49.6 Å². The monoisotopic (exact) mass is 606 g/mol. The van der Waals surface area contributed by atoms with Crippen LogP contribution in [0.1, 0.15) is 50.3 Å². The van der Waals surface area contributed by atoms with E-state index in [9.17, 15) is 27.6 Å². The predicted molar refractivity (Wildman–Crippen MR) is 149 cm³/mol. The van der Waals surface area contributed by atoms with Crippen molar-refractivity contribution in [3.63, 3.8) is 0 Å². The van der Waals surface area contributed by atoms with E-state index in [0.717, 1.165) is 22.7 Å². The molecule has 2 aliphatic rings. The summed E-state index contributed by atoms with van der Waals surface area (Å²) in [5.74, 6) is -0.463. The van der Waals surface area contributed by atoms with E-state index in [0.29, 0.717) is 29.3 Å². The fraction of sp³-hybridized carbons (Fsp3) is 0.357. The Morgan fingerprint density at radius 3 is 2.56 bits per heavy atom. The second kappa shape index (κ2) is 10.4. The molecule has 1 N–H and O–H groups in total. The molecule has 5 rings (SSSR count). The van der Waals surface area contributed by atoms with Gasteiger partial charge in [-0.2, -0.15) is 18.3 Å². The summed E-state index contributed by atoms with van der Waals surface area (Å²) in [7, 11) is 0. The van der Waals surface area contributed by atoms with Crippen LogP contribution in [0.5, 0.6) is 0 Å². The number of benzene rings is 2. The van der Waals surface area contributed by atoms with Gasteiger partial charge in [0.1, 0.15) is 5.60 Å². The molecule has 41 heavy (non-hydrogen) atoms. The zero-order valence-corrected chi connectivity index (χ0v) is 23.9. The van der Waals surface area contributed by atoms with Crippen molar-refractivity contribution in [1.29, 1.82) is 0 Å². The molecule has 13 heteroatoms. The molecule has 3 aromatic rings. The number of nitrogens with one attached hydrogen (secondary N) is 1. The molecule has 0 bridgehead atoms. The molecule has 3 amide bonds. The summed E-state index contributed by atoms with van der Waals surface area (Å²) in [4.78, 5) is 39.4. The highest BCUT2D eigenvalue weighted by Gasteiger charge is 2.50. The van der Waals surface area contributed by atoms with Gasteiger partial charge in [-0.15, -0.1) is 0 Å². The lowest BCUT2D eigenvalue weighted by Crippen LogP contribution is -2.48. The van der Waals surface area contributed by atoms with Gasteiger partial charge in [0.05, 0.1) is 40.8 Å². The van der Waals surface area contributed by atoms with Crippen molar-refractivity contribution < 1.29 is 32.3 Å². The molecule has 216 valence electrons. The Morgan fingerprint density at radius 1 is 1.17 bits per heavy atom. The van der Waals surface area contributed by atoms with Gasteiger partial charge in [-0.1, -0.05) is 23.7 Å². The van der Waals surface area contributed by atoms with Gasteiger partial charge < -0.3 is 10.1 Å². The number of fused-ring (bicyclic) bond motifs is 1. The SMILES string of the molecule is CC(C)(C)OC(=O)NC1(CN2C(=O)SC(=Cc3ccc4c(cnn4Cc4ccc(Cl)cc4C(F)(F)F)c3)C2=O)CC1. The molecule has 1 aliphatic heterocycles. The molecule has 8 nitrogen and oxygen atoms in total. The minimum Gasteiger partial charge on any atom is -0.444 e. The van der Waals surface area contributed by atoms with Gasteiger partial charge in [0.2, 0.25) is 0 Å². The molecule has 2 aromatic carbocycles. The summed E-state index contributed by atoms with van der Waals surface area (Å²) >= 11 is 6.60. The summed E-state index contributed by atoms with van der Waals surface area (Å²) in [5.41, 5.74) is -0.951. The van der Waals surface area contributed by atoms with Gasteiger partial charge in [0, 0.05) is 10.4 Å². The Hall–Kier alpha value is -3.51. The molecule has 2 heterocycles. The number of thioether (sulfide) groups is 1. The number of nitrogens with zero attached hydrogens (tertiary/aromatic N) is 3. The number of imide groups is 1. The first kappa shape index (κ1) is 29.0. The molecule has 0 atom stereocenters. The average molecular weight is 607 g/mol. The number of rotatable bonds is 6. The third-order valence-corrected chi connectivity index (χ3v) is 7.76. The Balaban J connectivity index is 1.31. The summed E-state index contributed by atoms with van der Waals surface area (Å²) in [5, 5.41) is 7.26. The maximum Gasteiger partial charge on any atom is 0.416 e. The van der Waals surface area contributed by atoms with E-state index >= 15 is 0 Å². The Bertz CT molecular complexity index is 1590. The fourth-order valence-electron chi connectivity index (χ4n) is 4.52. The van der Waals surface area contributed by atoms with Crippen LogP contribution >= 0.6 is 23.4 Å². The quantitative estimate of drug-likeness (QED) is 0.309. The van der Waals surface area contributed by atoms with Crippen molar-refractivity contribution in [2.45, 2.75) is 57.5 Å². The molecule has 0 radical (unpaired) electrons. The van der Waals surface area contributed by atoms with Gasteiger partial charge >= 0.3 is 12.3 Å². The molecule has 0 spiro atoms. The smallest absolute Gasteiger partial charge is 0.416 e. The van der Waals surface area contributed by atoms with E-state index in [1.807, 2.05) is 0 Å². The number of halogens is 4. The largest absolute Gasteiger partial charge is 0.444 e. The molecular weight excluding hydrogens is 581 g/mol. The second-order valence-corrected chi connectivity index (χ2v) is 12.5. The van der Waals surface area contributed by atoms with Gasteiger partial charge in [0.25, 0.3) is 11.1 Å². The van der Waals surface area contributed by atoms with Gasteiger partial charge in [-0.25, -0.2) is 4.79 Å². The number of carbonyl (C=O) groups excluding carboxylic acids is 3. The number of carbonyl (C=O) groups is 3. The van der Waals surface area contributed by atoms with Crippen molar-refractivity contribution in [2.75, 3.05) is 6.54 Å². The summed E-state index contributed by atoms with van der Waals surface area (Å²) in [6.07, 6.45) is -0.811. The van der Waals surface area contributed by atoms with Crippen molar-refractivity contribution in [1.82, 2.24) is 20.0 Å². The number of alkyl carbamates (subject to hydrolysis) is 1. The Labute approximate surface area is 242 Å². The van der Waals surface area contributed by atoms with Crippen LogP contribution in [-0.2, 0) is 22.3 Å². The van der Waals surface area contributed by atoms with Crippen LogP contribution in [0, 0.1) is 0 Å². The fourth-order valence-corrected chi connectivity index (χ4v) is 5.53. The standard InChI is InChI=1S/C28H26ClF3N4O4S/c1-26(2,3)40-24(38)34-27(8-9-27)15-35-23(37)22(41-25(35)39)11-16-4-7-21-18(10-16)13-33-36(21)14-17-5-6-19(29)12-20(17)28(30,31)32/h4-7,10-13H,8-9,14-15H2,1-3H3,(H,34,38). The van der Waals surface area contributed by atoms with E-state index in [-0.39, 0.29) is 28.6 Å². The normalized spacial score (nSPS) is 17.9. The zero-order valence-electron chi connectivity index (χ0n) is 22.3. The van der Waals surface area contributed by atoms with Crippen LogP contribution in [0.2, 0.25) is 5.02 Å². The van der Waals surface area contributed by atoms with E-state index in [1.165, 1.54) is 23.0 Å². The Morgan fingerprint density at radius 2 is 1.90 bits per heavy atom. The van der Waals surface area contributed by atoms with Crippen LogP contribution in [0.4, 0.5) is 22.8 Å². The van der Waals surface area contributed by atoms with Crippen LogP contribution in [0.3, 0.4) is 0 Å². The van der Waals surface area contributed by atoms with Gasteiger partial charge in [-0.05, 0) is 86.8 Å². The highest BCUT2D eigenvalue weighted by molar-refractivity contribution is 8.18. The summed E-state index contributed by atoms with van der Waals surface area (Å²) in [6, 6.07) is 8.77. The summed E-state index contributed by atoms with van der Waals surface area (Å²) in [6.45, 7) is 5.18. The first-order chi connectivity index (χ1) is 19.1. The third-order valence-electron chi connectivity index (χ3n) is 6.62. The van der Waals surface area contributed by atoms with Crippen molar-refractivity contribution in [3.05, 3.63) is 69.2 Å². The lowest BCUT2D eigenvalue weighted by molar-refractivity contribution is -0.138. The van der Waals surface area contributed by atoms with E-state index in [2.05, 4.69) is 10.4 Å². The molecular formula is C28H26ClF3N4O4S. The molecule has 1 saturated heterocycles. The lowest BCUT2D eigenvalue weighted by Gasteiger charge is -2.25. The average Bonchev–Trinajstić information content (AvgIpc) is 3.42. The summed E-state index contributed by atoms with van der Waals surface area (Å²) < 4.78 is 47.4. The van der Waals surface area contributed by atoms with Gasteiger partial charge in [0.15, 0.2) is 0 Å². The first-order valence-electron chi connectivity index (χ1n) is 12.7. The van der Waals surface area contributed by atoms with Crippen LogP contribution in [0.25, 0.3) is 17.0 Å². The zero-order chi connectivity index (χ0) is 29.7. The predicted octanol–water partition coefficient (Wildman–Crippen LogP) is 6.85. The molecule has 1 aliphatic carbocycles. The van der Waals surface area contributed by atoms with Crippen molar-refractivity contribution >= 4 is 57.6 Å². The van der Waals surface area contributed by atoms with Crippen molar-refractivity contribution in [3.8, 4) is 0 Å². The number of aromatic nitrogens is 2. The number of hydrogen-bond donors (Lipinski definition) is 1. The third kappa shape index (κ3) is 6.54. The number of amides is 3. The van der Waals surface area contributed by atoms with E-state index in [1.54, 1.807) is 45.0 Å². The molecule has 0 unspecified atom stereocenters. The Kier molecular flexibility index (Phi) is 7.35.